The maximum Gasteiger partial charge on any atom is 0.288 e. The molecule has 0 aromatic heterocycles. The van der Waals surface area contributed by atoms with Crippen molar-refractivity contribution in [3.8, 4) is 0 Å². The summed E-state index contributed by atoms with van der Waals surface area (Å²) >= 11 is 5.95. The number of rotatable bonds is 3. The lowest BCUT2D eigenvalue weighted by Gasteiger charge is -2.30. The van der Waals surface area contributed by atoms with Gasteiger partial charge in [0, 0.05) is 17.8 Å². The van der Waals surface area contributed by atoms with E-state index in [1.54, 1.807) is 6.07 Å². The highest BCUT2D eigenvalue weighted by molar-refractivity contribution is 6.33. The van der Waals surface area contributed by atoms with Crippen LogP contribution in [-0.4, -0.2) is 36.0 Å². The van der Waals surface area contributed by atoms with Crippen LogP contribution in [0.5, 0.6) is 0 Å². The first-order valence-corrected chi connectivity index (χ1v) is 6.75. The second-order valence-corrected chi connectivity index (χ2v) is 5.50. The predicted octanol–water partition coefficient (Wildman–Crippen LogP) is 3.06. The lowest BCUT2D eigenvalue weighted by Crippen LogP contribution is -2.36. The highest BCUT2D eigenvalue weighted by atomic mass is 35.5. The number of likely N-dealkylation sites (tertiary alicyclic amines) is 1. The topological polar surface area (TPSA) is 58.4 Å². The molecule has 5 nitrogen and oxygen atoms in total. The first-order chi connectivity index (χ1) is 8.97. The van der Waals surface area contributed by atoms with Gasteiger partial charge in [-0.2, -0.15) is 0 Å². The van der Waals surface area contributed by atoms with Gasteiger partial charge in [0.1, 0.15) is 5.02 Å². The molecule has 1 heterocycles. The Labute approximate surface area is 117 Å². The van der Waals surface area contributed by atoms with Crippen LogP contribution in [0.15, 0.2) is 12.1 Å². The van der Waals surface area contributed by atoms with Crippen molar-refractivity contribution in [2.45, 2.75) is 25.8 Å². The second-order valence-electron chi connectivity index (χ2n) is 5.10. The number of anilines is 1. The van der Waals surface area contributed by atoms with E-state index in [0.717, 1.165) is 37.2 Å². The van der Waals surface area contributed by atoms with Crippen LogP contribution in [0.2, 0.25) is 5.02 Å². The number of halogens is 1. The highest BCUT2D eigenvalue weighted by Crippen LogP contribution is 2.31. The van der Waals surface area contributed by atoms with E-state index in [1.807, 2.05) is 6.92 Å². The molecule has 0 aliphatic carbocycles. The summed E-state index contributed by atoms with van der Waals surface area (Å²) in [6.45, 7) is 4.00. The number of hydrogen-bond acceptors (Lipinski definition) is 4. The first-order valence-electron chi connectivity index (χ1n) is 6.37. The van der Waals surface area contributed by atoms with E-state index < -0.39 is 4.92 Å². The van der Waals surface area contributed by atoms with Crippen LogP contribution in [0.4, 0.5) is 11.4 Å². The zero-order valence-electron chi connectivity index (χ0n) is 11.1. The largest absolute Gasteiger partial charge is 0.382 e. The molecule has 0 atom stereocenters. The van der Waals surface area contributed by atoms with Crippen LogP contribution in [0, 0.1) is 17.0 Å². The number of nitro groups is 1. The van der Waals surface area contributed by atoms with Gasteiger partial charge in [-0.25, -0.2) is 0 Å². The smallest absolute Gasteiger partial charge is 0.288 e. The van der Waals surface area contributed by atoms with E-state index in [2.05, 4.69) is 17.3 Å². The van der Waals surface area contributed by atoms with Gasteiger partial charge in [-0.1, -0.05) is 11.6 Å². The highest BCUT2D eigenvalue weighted by Gasteiger charge is 2.19. The molecule has 1 saturated heterocycles. The maximum atomic E-state index is 10.8. The molecule has 19 heavy (non-hydrogen) atoms. The van der Waals surface area contributed by atoms with Gasteiger partial charge in [0.25, 0.3) is 5.69 Å². The first kappa shape index (κ1) is 14.1. The van der Waals surface area contributed by atoms with Crippen LogP contribution in [0.1, 0.15) is 18.4 Å². The number of piperidine rings is 1. The zero-order chi connectivity index (χ0) is 14.0. The Morgan fingerprint density at radius 3 is 2.63 bits per heavy atom. The maximum absolute atomic E-state index is 10.8. The monoisotopic (exact) mass is 283 g/mol. The molecule has 2 rings (SSSR count). The molecule has 1 N–H and O–H groups in total. The van der Waals surface area contributed by atoms with E-state index in [0.29, 0.717) is 6.04 Å². The summed E-state index contributed by atoms with van der Waals surface area (Å²) in [5, 5.41) is 14.4. The van der Waals surface area contributed by atoms with Gasteiger partial charge in [0.05, 0.1) is 4.92 Å². The fraction of sp³-hybridized carbons (Fsp3) is 0.538. The summed E-state index contributed by atoms with van der Waals surface area (Å²) in [5.41, 5.74) is 1.72. The zero-order valence-corrected chi connectivity index (χ0v) is 11.9. The van der Waals surface area contributed by atoms with E-state index in [4.69, 9.17) is 11.6 Å². The van der Waals surface area contributed by atoms with Gasteiger partial charge in [-0.15, -0.1) is 0 Å². The Kier molecular flexibility index (Phi) is 4.27. The van der Waals surface area contributed by atoms with Crippen molar-refractivity contribution in [1.82, 2.24) is 4.90 Å². The average molecular weight is 284 g/mol. The van der Waals surface area contributed by atoms with E-state index in [9.17, 15) is 10.1 Å². The van der Waals surface area contributed by atoms with Gasteiger partial charge in [0.15, 0.2) is 0 Å². The minimum Gasteiger partial charge on any atom is -0.382 e. The number of hydrogen-bond donors (Lipinski definition) is 1. The van der Waals surface area contributed by atoms with Crippen LogP contribution < -0.4 is 5.32 Å². The van der Waals surface area contributed by atoms with E-state index in [1.165, 1.54) is 6.07 Å². The third kappa shape index (κ3) is 3.36. The molecule has 1 fully saturated rings. The number of nitro benzene ring substituents is 1. The minimum atomic E-state index is -0.450. The summed E-state index contributed by atoms with van der Waals surface area (Å²) < 4.78 is 0. The summed E-state index contributed by atoms with van der Waals surface area (Å²) in [7, 11) is 2.12. The molecule has 1 aliphatic rings. The molecular formula is C13H18ClN3O2. The van der Waals surface area contributed by atoms with Gasteiger partial charge in [0.2, 0.25) is 0 Å². The molecular weight excluding hydrogens is 266 g/mol. The standard InChI is InChI=1S/C13H18ClN3O2/c1-9-7-13(17(18)19)11(14)8-12(9)15-10-3-5-16(2)6-4-10/h7-8,10,15H,3-6H2,1-2H3. The fourth-order valence-electron chi connectivity index (χ4n) is 2.33. The summed E-state index contributed by atoms with van der Waals surface area (Å²) in [5.74, 6) is 0. The Bertz CT molecular complexity index is 485. The summed E-state index contributed by atoms with van der Waals surface area (Å²) in [4.78, 5) is 12.7. The Morgan fingerprint density at radius 2 is 2.05 bits per heavy atom. The van der Waals surface area contributed by atoms with Crippen LogP contribution >= 0.6 is 11.6 Å². The van der Waals surface area contributed by atoms with Gasteiger partial charge < -0.3 is 10.2 Å². The molecule has 1 aromatic carbocycles. The number of aryl methyl sites for hydroxylation is 1. The van der Waals surface area contributed by atoms with Crippen molar-refractivity contribution in [2.75, 3.05) is 25.5 Å². The lowest BCUT2D eigenvalue weighted by molar-refractivity contribution is -0.384. The van der Waals surface area contributed by atoms with Crippen LogP contribution in [0.25, 0.3) is 0 Å². The predicted molar refractivity (Wildman–Crippen MR) is 77.0 cm³/mol. The van der Waals surface area contributed by atoms with Gasteiger partial charge >= 0.3 is 0 Å². The van der Waals surface area contributed by atoms with Gasteiger partial charge in [-0.3, -0.25) is 10.1 Å². The van der Waals surface area contributed by atoms with Crippen molar-refractivity contribution >= 4 is 23.0 Å². The molecule has 1 aliphatic heterocycles. The number of benzene rings is 1. The molecule has 0 radical (unpaired) electrons. The van der Waals surface area contributed by atoms with Gasteiger partial charge in [-0.05, 0) is 51.5 Å². The average Bonchev–Trinajstić information content (AvgIpc) is 2.35. The molecule has 1 aromatic rings. The third-order valence-electron chi connectivity index (χ3n) is 3.57. The molecule has 0 amide bonds. The van der Waals surface area contributed by atoms with Crippen molar-refractivity contribution < 1.29 is 4.92 Å². The lowest BCUT2D eigenvalue weighted by atomic mass is 10.0. The quantitative estimate of drug-likeness (QED) is 0.684. The fourth-order valence-corrected chi connectivity index (χ4v) is 2.57. The molecule has 0 saturated carbocycles. The Hall–Kier alpha value is -1.33. The van der Waals surface area contributed by atoms with E-state index in [-0.39, 0.29) is 10.7 Å². The number of nitrogens with zero attached hydrogens (tertiary/aromatic N) is 2. The molecule has 104 valence electrons. The van der Waals surface area contributed by atoms with Crippen molar-refractivity contribution in [2.24, 2.45) is 0 Å². The molecule has 0 spiro atoms. The van der Waals surface area contributed by atoms with Crippen molar-refractivity contribution in [3.05, 3.63) is 32.8 Å². The van der Waals surface area contributed by atoms with Crippen molar-refractivity contribution in [3.63, 3.8) is 0 Å². The summed E-state index contributed by atoms with van der Waals surface area (Å²) in [6.07, 6.45) is 2.15. The second kappa shape index (κ2) is 5.75. The normalized spacial score (nSPS) is 17.4. The van der Waals surface area contributed by atoms with Crippen LogP contribution in [0.3, 0.4) is 0 Å². The van der Waals surface area contributed by atoms with Crippen LogP contribution in [-0.2, 0) is 0 Å². The molecule has 6 heteroatoms. The minimum absolute atomic E-state index is 0.0342. The van der Waals surface area contributed by atoms with E-state index >= 15 is 0 Å². The van der Waals surface area contributed by atoms with Crippen molar-refractivity contribution in [1.29, 1.82) is 0 Å². The Balaban J connectivity index is 2.13. The molecule has 0 unspecified atom stereocenters. The number of nitrogens with one attached hydrogen (secondary N) is 1. The summed E-state index contributed by atoms with van der Waals surface area (Å²) in [6, 6.07) is 3.60. The SMILES string of the molecule is Cc1cc([N+](=O)[O-])c(Cl)cc1NC1CCN(C)CC1. The third-order valence-corrected chi connectivity index (χ3v) is 3.87. The Morgan fingerprint density at radius 1 is 1.42 bits per heavy atom. The molecule has 0 bridgehead atoms.